The van der Waals surface area contributed by atoms with E-state index in [-0.39, 0.29) is 6.04 Å². The molecule has 1 atom stereocenters. The highest BCUT2D eigenvalue weighted by molar-refractivity contribution is 5.37. The number of hydrogen-bond acceptors (Lipinski definition) is 3. The van der Waals surface area contributed by atoms with Gasteiger partial charge in [0.1, 0.15) is 11.5 Å². The third-order valence-corrected chi connectivity index (χ3v) is 3.51. The van der Waals surface area contributed by atoms with Crippen molar-refractivity contribution in [2.45, 2.75) is 39.7 Å². The molecule has 1 unspecified atom stereocenters. The Morgan fingerprint density at radius 1 is 1.10 bits per heavy atom. The fraction of sp³-hybridized carbons (Fsp3) is 0.353. The lowest BCUT2D eigenvalue weighted by Crippen LogP contribution is -2.21. The van der Waals surface area contributed by atoms with Gasteiger partial charge in [-0.2, -0.15) is 0 Å². The number of ether oxygens (including phenoxy) is 1. The summed E-state index contributed by atoms with van der Waals surface area (Å²) in [6.07, 6.45) is 5.37. The van der Waals surface area contributed by atoms with Crippen LogP contribution < -0.4 is 10.5 Å². The molecular formula is C17H22N2O. The summed E-state index contributed by atoms with van der Waals surface area (Å²) in [5.74, 6) is 1.60. The summed E-state index contributed by atoms with van der Waals surface area (Å²) in [6.45, 7) is 6.26. The number of nitrogens with zero attached hydrogens (tertiary/aromatic N) is 1. The van der Waals surface area contributed by atoms with Gasteiger partial charge in [-0.3, -0.25) is 4.98 Å². The molecule has 0 radical (unpaired) electrons. The van der Waals surface area contributed by atoms with E-state index in [1.165, 1.54) is 11.1 Å². The quantitative estimate of drug-likeness (QED) is 0.899. The van der Waals surface area contributed by atoms with Crippen molar-refractivity contribution in [3.05, 3.63) is 53.3 Å². The largest absolute Gasteiger partial charge is 0.456 e. The summed E-state index contributed by atoms with van der Waals surface area (Å²) in [4.78, 5) is 4.23. The van der Waals surface area contributed by atoms with E-state index in [2.05, 4.69) is 31.8 Å². The molecule has 0 aliphatic rings. The van der Waals surface area contributed by atoms with Crippen molar-refractivity contribution in [3.63, 3.8) is 0 Å². The number of rotatable bonds is 5. The standard InChI is InChI=1S/C17H22N2O/c1-4-15(18)8-14-9-17(11-19-10-14)20-16-6-5-12(2)13(3)7-16/h5-7,9-11,15H,4,8,18H2,1-3H3. The number of benzene rings is 1. The van der Waals surface area contributed by atoms with Crippen LogP contribution in [-0.2, 0) is 6.42 Å². The molecule has 1 aromatic carbocycles. The van der Waals surface area contributed by atoms with Crippen LogP contribution >= 0.6 is 0 Å². The van der Waals surface area contributed by atoms with Crippen LogP contribution in [0.4, 0.5) is 0 Å². The van der Waals surface area contributed by atoms with Gasteiger partial charge in [-0.05, 0) is 61.6 Å². The van der Waals surface area contributed by atoms with Crippen LogP contribution in [0, 0.1) is 13.8 Å². The molecule has 2 N–H and O–H groups in total. The van der Waals surface area contributed by atoms with Crippen LogP contribution in [0.3, 0.4) is 0 Å². The molecule has 3 heteroatoms. The zero-order valence-corrected chi connectivity index (χ0v) is 12.4. The van der Waals surface area contributed by atoms with Gasteiger partial charge in [-0.15, -0.1) is 0 Å². The molecule has 0 fully saturated rings. The maximum Gasteiger partial charge on any atom is 0.145 e. The van der Waals surface area contributed by atoms with Crippen LogP contribution in [0.5, 0.6) is 11.5 Å². The van der Waals surface area contributed by atoms with E-state index in [4.69, 9.17) is 10.5 Å². The minimum Gasteiger partial charge on any atom is -0.456 e. The number of aryl methyl sites for hydroxylation is 2. The average molecular weight is 270 g/mol. The predicted molar refractivity (Wildman–Crippen MR) is 82.2 cm³/mol. The Labute approximate surface area is 120 Å². The monoisotopic (exact) mass is 270 g/mol. The maximum absolute atomic E-state index is 5.98. The number of hydrogen-bond donors (Lipinski definition) is 1. The second-order valence-electron chi connectivity index (χ2n) is 5.25. The molecular weight excluding hydrogens is 248 g/mol. The second-order valence-corrected chi connectivity index (χ2v) is 5.25. The Hall–Kier alpha value is -1.87. The summed E-state index contributed by atoms with van der Waals surface area (Å²) in [5.41, 5.74) is 9.57. The first-order valence-corrected chi connectivity index (χ1v) is 7.03. The summed E-state index contributed by atoms with van der Waals surface area (Å²) >= 11 is 0. The lowest BCUT2D eigenvalue weighted by atomic mass is 10.1. The first kappa shape index (κ1) is 14.5. The van der Waals surface area contributed by atoms with Crippen molar-refractivity contribution in [2.24, 2.45) is 5.73 Å². The first-order valence-electron chi connectivity index (χ1n) is 7.03. The third kappa shape index (κ3) is 3.81. The summed E-state index contributed by atoms with van der Waals surface area (Å²) < 4.78 is 5.87. The van der Waals surface area contributed by atoms with E-state index >= 15 is 0 Å². The minimum absolute atomic E-state index is 0.175. The molecule has 0 spiro atoms. The molecule has 0 bridgehead atoms. The van der Waals surface area contributed by atoms with Crippen LogP contribution in [-0.4, -0.2) is 11.0 Å². The van der Waals surface area contributed by atoms with E-state index in [0.717, 1.165) is 29.9 Å². The van der Waals surface area contributed by atoms with Crippen molar-refractivity contribution >= 4 is 0 Å². The van der Waals surface area contributed by atoms with Gasteiger partial charge >= 0.3 is 0 Å². The molecule has 0 saturated heterocycles. The van der Waals surface area contributed by atoms with Gasteiger partial charge in [-0.1, -0.05) is 13.0 Å². The van der Waals surface area contributed by atoms with Gasteiger partial charge in [0, 0.05) is 12.2 Å². The Morgan fingerprint density at radius 2 is 1.90 bits per heavy atom. The lowest BCUT2D eigenvalue weighted by molar-refractivity contribution is 0.478. The van der Waals surface area contributed by atoms with E-state index in [1.54, 1.807) is 6.20 Å². The molecule has 106 valence electrons. The molecule has 2 aromatic rings. The number of pyridine rings is 1. The van der Waals surface area contributed by atoms with Crippen LogP contribution in [0.2, 0.25) is 0 Å². The van der Waals surface area contributed by atoms with E-state index < -0.39 is 0 Å². The average Bonchev–Trinajstić information content (AvgIpc) is 2.43. The van der Waals surface area contributed by atoms with E-state index in [9.17, 15) is 0 Å². The molecule has 2 rings (SSSR count). The van der Waals surface area contributed by atoms with Crippen molar-refractivity contribution in [1.29, 1.82) is 0 Å². The predicted octanol–water partition coefficient (Wildman–Crippen LogP) is 3.77. The van der Waals surface area contributed by atoms with Gasteiger partial charge in [-0.25, -0.2) is 0 Å². The summed E-state index contributed by atoms with van der Waals surface area (Å²) in [5, 5.41) is 0. The third-order valence-electron chi connectivity index (χ3n) is 3.51. The molecule has 0 aliphatic carbocycles. The minimum atomic E-state index is 0.175. The van der Waals surface area contributed by atoms with Crippen LogP contribution in [0.25, 0.3) is 0 Å². The lowest BCUT2D eigenvalue weighted by Gasteiger charge is -2.11. The van der Waals surface area contributed by atoms with Gasteiger partial charge in [0.25, 0.3) is 0 Å². The van der Waals surface area contributed by atoms with Crippen molar-refractivity contribution in [3.8, 4) is 11.5 Å². The van der Waals surface area contributed by atoms with E-state index in [0.29, 0.717) is 0 Å². The van der Waals surface area contributed by atoms with E-state index in [1.807, 2.05) is 24.4 Å². The smallest absolute Gasteiger partial charge is 0.145 e. The van der Waals surface area contributed by atoms with Crippen molar-refractivity contribution in [1.82, 2.24) is 4.98 Å². The normalized spacial score (nSPS) is 12.2. The second kappa shape index (κ2) is 6.53. The topological polar surface area (TPSA) is 48.1 Å². The number of nitrogens with two attached hydrogens (primary N) is 1. The van der Waals surface area contributed by atoms with Gasteiger partial charge in [0.2, 0.25) is 0 Å². The highest BCUT2D eigenvalue weighted by Gasteiger charge is 2.05. The molecule has 0 aliphatic heterocycles. The zero-order valence-electron chi connectivity index (χ0n) is 12.4. The summed E-state index contributed by atoms with van der Waals surface area (Å²) in [6, 6.07) is 8.27. The highest BCUT2D eigenvalue weighted by Crippen LogP contribution is 2.24. The molecule has 1 aromatic heterocycles. The fourth-order valence-electron chi connectivity index (χ4n) is 1.99. The molecule has 0 saturated carbocycles. The molecule has 0 amide bonds. The first-order chi connectivity index (χ1) is 9.58. The summed E-state index contributed by atoms with van der Waals surface area (Å²) in [7, 11) is 0. The Balaban J connectivity index is 2.12. The number of aromatic nitrogens is 1. The van der Waals surface area contributed by atoms with Crippen molar-refractivity contribution < 1.29 is 4.74 Å². The van der Waals surface area contributed by atoms with Crippen LogP contribution in [0.15, 0.2) is 36.7 Å². The SMILES string of the molecule is CCC(N)Cc1cncc(Oc2ccc(C)c(C)c2)c1. The Kier molecular flexibility index (Phi) is 4.74. The van der Waals surface area contributed by atoms with Gasteiger partial charge in [0.15, 0.2) is 0 Å². The highest BCUT2D eigenvalue weighted by atomic mass is 16.5. The van der Waals surface area contributed by atoms with Gasteiger partial charge in [0.05, 0.1) is 6.20 Å². The Bertz CT molecular complexity index is 581. The molecule has 1 heterocycles. The van der Waals surface area contributed by atoms with Crippen molar-refractivity contribution in [2.75, 3.05) is 0 Å². The van der Waals surface area contributed by atoms with Crippen LogP contribution in [0.1, 0.15) is 30.0 Å². The Morgan fingerprint density at radius 3 is 2.60 bits per heavy atom. The van der Waals surface area contributed by atoms with Gasteiger partial charge < -0.3 is 10.5 Å². The molecule has 20 heavy (non-hydrogen) atoms. The molecule has 3 nitrogen and oxygen atoms in total. The zero-order chi connectivity index (χ0) is 14.5. The maximum atomic E-state index is 5.98. The fourth-order valence-corrected chi connectivity index (χ4v) is 1.99.